The van der Waals surface area contributed by atoms with E-state index in [0.29, 0.717) is 12.3 Å². The molecule has 0 unspecified atom stereocenters. The highest BCUT2D eigenvalue weighted by Gasteiger charge is 2.45. The van der Waals surface area contributed by atoms with Crippen LogP contribution in [-0.4, -0.2) is 40.4 Å². The van der Waals surface area contributed by atoms with Crippen molar-refractivity contribution < 1.29 is 14.5 Å². The smallest absolute Gasteiger partial charge is 0.315 e. The Labute approximate surface area is 132 Å². The number of thioether (sulfide) groups is 1. The van der Waals surface area contributed by atoms with E-state index in [2.05, 4.69) is 5.10 Å². The number of hydrazone groups is 1. The number of rotatable bonds is 6. The molecule has 0 spiro atoms. The van der Waals surface area contributed by atoms with E-state index < -0.39 is 11.4 Å². The summed E-state index contributed by atoms with van der Waals surface area (Å²) in [4.78, 5) is 22.5. The number of para-hydroxylation sites is 1. The van der Waals surface area contributed by atoms with Gasteiger partial charge in [0, 0.05) is 4.92 Å². The molecule has 0 bridgehead atoms. The third kappa shape index (κ3) is 3.56. The summed E-state index contributed by atoms with van der Waals surface area (Å²) in [6.45, 7) is 3.65. The number of nitro groups is 1. The number of carbonyl (C=O) groups excluding carboxylic acids is 1. The molecule has 1 heterocycles. The molecule has 8 heteroatoms. The molecule has 7 nitrogen and oxygen atoms in total. The molecule has 1 aromatic rings. The minimum Gasteiger partial charge on any atom is -0.465 e. The first-order valence-electron chi connectivity index (χ1n) is 6.84. The van der Waals surface area contributed by atoms with Crippen LogP contribution in [0.1, 0.15) is 13.8 Å². The van der Waals surface area contributed by atoms with Crippen molar-refractivity contribution >= 4 is 29.1 Å². The van der Waals surface area contributed by atoms with Gasteiger partial charge in [0.1, 0.15) is 5.71 Å². The fraction of sp³-hybridized carbons (Fsp3) is 0.429. The van der Waals surface area contributed by atoms with E-state index in [1.54, 1.807) is 18.9 Å². The second-order valence-corrected chi connectivity index (χ2v) is 5.76. The highest BCUT2D eigenvalue weighted by molar-refractivity contribution is 8.00. The van der Waals surface area contributed by atoms with Gasteiger partial charge in [-0.15, -0.1) is 11.8 Å². The predicted molar refractivity (Wildman–Crippen MR) is 85.7 cm³/mol. The zero-order chi connectivity index (χ0) is 16.1. The Morgan fingerprint density at radius 1 is 1.45 bits per heavy atom. The number of ether oxygens (including phenoxy) is 1. The van der Waals surface area contributed by atoms with E-state index in [0.717, 1.165) is 5.69 Å². The molecule has 22 heavy (non-hydrogen) atoms. The third-order valence-electron chi connectivity index (χ3n) is 3.13. The van der Waals surface area contributed by atoms with Gasteiger partial charge in [-0.25, -0.2) is 5.01 Å². The van der Waals surface area contributed by atoms with Crippen LogP contribution in [0.3, 0.4) is 0 Å². The standard InChI is InChI=1S/C14H17N3O4S/c1-3-21-12(18)9-22-14-13(17(19)20)10(2)15-16(14)11-7-5-4-6-8-11/h4-8,13-14H,3,9H2,1-2H3/t13-,14+/m1/s1. The van der Waals surface area contributed by atoms with Gasteiger partial charge in [-0.05, 0) is 26.0 Å². The summed E-state index contributed by atoms with van der Waals surface area (Å²) in [7, 11) is 0. The Kier molecular flexibility index (Phi) is 5.37. The Balaban J connectivity index is 2.19. The number of anilines is 1. The highest BCUT2D eigenvalue weighted by atomic mass is 32.2. The molecule has 0 aromatic heterocycles. The largest absolute Gasteiger partial charge is 0.465 e. The molecule has 0 N–H and O–H groups in total. The van der Waals surface area contributed by atoms with Crippen LogP contribution < -0.4 is 5.01 Å². The topological polar surface area (TPSA) is 85.0 Å². The molecule has 2 rings (SSSR count). The van der Waals surface area contributed by atoms with Crippen LogP contribution in [0.2, 0.25) is 0 Å². The molecule has 118 valence electrons. The molecule has 1 aromatic carbocycles. The van der Waals surface area contributed by atoms with Crippen LogP contribution in [0.15, 0.2) is 35.4 Å². The molecule has 0 amide bonds. The van der Waals surface area contributed by atoms with E-state index in [4.69, 9.17) is 4.74 Å². The quantitative estimate of drug-likeness (QED) is 0.453. The van der Waals surface area contributed by atoms with Gasteiger partial charge in [-0.3, -0.25) is 14.9 Å². The van der Waals surface area contributed by atoms with Gasteiger partial charge >= 0.3 is 5.97 Å². The fourth-order valence-electron chi connectivity index (χ4n) is 2.19. The molecule has 0 fully saturated rings. The zero-order valence-electron chi connectivity index (χ0n) is 12.3. The molecule has 1 aliphatic heterocycles. The van der Waals surface area contributed by atoms with Gasteiger partial charge in [0.15, 0.2) is 5.37 Å². The summed E-state index contributed by atoms with van der Waals surface area (Å²) in [5.74, 6) is -0.332. The highest BCUT2D eigenvalue weighted by Crippen LogP contribution is 2.32. The minimum absolute atomic E-state index is 0.0506. The van der Waals surface area contributed by atoms with E-state index >= 15 is 0 Å². The Morgan fingerprint density at radius 3 is 2.73 bits per heavy atom. The maximum atomic E-state index is 11.5. The van der Waals surface area contributed by atoms with Crippen molar-refractivity contribution in [3.05, 3.63) is 40.4 Å². The second kappa shape index (κ2) is 7.26. The number of hydrogen-bond donors (Lipinski definition) is 0. The molecule has 1 aliphatic rings. The summed E-state index contributed by atoms with van der Waals surface area (Å²) in [6.07, 6.45) is 0. The molecular formula is C14H17N3O4S. The van der Waals surface area contributed by atoms with Gasteiger partial charge in [0.25, 0.3) is 6.04 Å². The van der Waals surface area contributed by atoms with Gasteiger partial charge in [-0.2, -0.15) is 5.10 Å². The van der Waals surface area contributed by atoms with Crippen molar-refractivity contribution in [1.82, 2.24) is 0 Å². The first-order chi connectivity index (χ1) is 10.5. The van der Waals surface area contributed by atoms with E-state index in [9.17, 15) is 14.9 Å². The molecule has 0 aliphatic carbocycles. The maximum absolute atomic E-state index is 11.5. The Hall–Kier alpha value is -2.09. The van der Waals surface area contributed by atoms with Crippen LogP contribution in [0.5, 0.6) is 0 Å². The van der Waals surface area contributed by atoms with Crippen molar-refractivity contribution in [2.24, 2.45) is 5.10 Å². The minimum atomic E-state index is -0.945. The van der Waals surface area contributed by atoms with Crippen molar-refractivity contribution in [3.63, 3.8) is 0 Å². The third-order valence-corrected chi connectivity index (χ3v) is 4.33. The monoisotopic (exact) mass is 323 g/mol. The van der Waals surface area contributed by atoms with Crippen molar-refractivity contribution in [2.45, 2.75) is 25.3 Å². The fourth-order valence-corrected chi connectivity index (χ4v) is 3.36. The Bertz CT molecular complexity index is 579. The van der Waals surface area contributed by atoms with Crippen LogP contribution in [-0.2, 0) is 9.53 Å². The summed E-state index contributed by atoms with van der Waals surface area (Å²) in [5.41, 5.74) is 1.18. The number of hydrogen-bond acceptors (Lipinski definition) is 7. The predicted octanol–water partition coefficient (Wildman–Crippen LogP) is 2.15. The SMILES string of the molecule is CCOC(=O)CS[C@H]1[C@H]([N+](=O)[O-])C(C)=NN1c1ccccc1. The Morgan fingerprint density at radius 2 is 2.14 bits per heavy atom. The lowest BCUT2D eigenvalue weighted by atomic mass is 10.2. The lowest BCUT2D eigenvalue weighted by Crippen LogP contribution is -2.40. The molecular weight excluding hydrogens is 306 g/mol. The summed E-state index contributed by atoms with van der Waals surface area (Å²) >= 11 is 1.17. The molecule has 0 radical (unpaired) electrons. The first-order valence-corrected chi connectivity index (χ1v) is 7.89. The number of esters is 1. The number of carbonyl (C=O) groups is 1. The normalized spacial score (nSPS) is 20.6. The van der Waals surface area contributed by atoms with Crippen LogP contribution in [0.25, 0.3) is 0 Å². The molecule has 2 atom stereocenters. The number of benzene rings is 1. The van der Waals surface area contributed by atoms with E-state index in [1.165, 1.54) is 11.8 Å². The number of nitrogens with zero attached hydrogens (tertiary/aromatic N) is 3. The average Bonchev–Trinajstić information content (AvgIpc) is 2.83. The molecule has 0 saturated heterocycles. The van der Waals surface area contributed by atoms with Crippen molar-refractivity contribution in [3.8, 4) is 0 Å². The summed E-state index contributed by atoms with van der Waals surface area (Å²) < 4.78 is 4.88. The van der Waals surface area contributed by atoms with Gasteiger partial charge in [0.2, 0.25) is 0 Å². The van der Waals surface area contributed by atoms with Crippen LogP contribution in [0.4, 0.5) is 5.69 Å². The maximum Gasteiger partial charge on any atom is 0.315 e. The van der Waals surface area contributed by atoms with E-state index in [-0.39, 0.29) is 16.6 Å². The van der Waals surface area contributed by atoms with Gasteiger partial charge in [0.05, 0.1) is 18.0 Å². The first kappa shape index (κ1) is 16.3. The molecule has 0 saturated carbocycles. The van der Waals surface area contributed by atoms with Crippen molar-refractivity contribution in [2.75, 3.05) is 17.4 Å². The zero-order valence-corrected chi connectivity index (χ0v) is 13.2. The summed E-state index contributed by atoms with van der Waals surface area (Å²) in [6, 6.07) is 8.26. The van der Waals surface area contributed by atoms with Crippen LogP contribution >= 0.6 is 11.8 Å². The van der Waals surface area contributed by atoms with Gasteiger partial charge < -0.3 is 4.74 Å². The van der Waals surface area contributed by atoms with Crippen molar-refractivity contribution in [1.29, 1.82) is 0 Å². The lowest BCUT2D eigenvalue weighted by molar-refractivity contribution is -0.500. The van der Waals surface area contributed by atoms with Crippen LogP contribution in [0, 0.1) is 10.1 Å². The van der Waals surface area contributed by atoms with E-state index in [1.807, 2.05) is 30.3 Å². The van der Waals surface area contributed by atoms with Gasteiger partial charge in [-0.1, -0.05) is 18.2 Å². The average molecular weight is 323 g/mol. The lowest BCUT2D eigenvalue weighted by Gasteiger charge is -2.23. The second-order valence-electron chi connectivity index (χ2n) is 4.66. The summed E-state index contributed by atoms with van der Waals surface area (Å²) in [5, 5.41) is 16.7.